The molecule has 0 amide bonds. The predicted molar refractivity (Wildman–Crippen MR) is 28.0 cm³/mol. The van der Waals surface area contributed by atoms with Crippen LogP contribution in [0, 0.1) is 6.92 Å². The average molecular weight is 129 g/mol. The summed E-state index contributed by atoms with van der Waals surface area (Å²) in [6.07, 6.45) is 0.728. The molecule has 50 valence electrons. The highest BCUT2D eigenvalue weighted by molar-refractivity contribution is 4.98. The minimum atomic E-state index is 0.690. The van der Waals surface area contributed by atoms with Gasteiger partial charge in [-0.05, 0) is 4.63 Å². The highest BCUT2D eigenvalue weighted by atomic mass is 16.8. The Balaban J connectivity index is 3.07. The molecule has 1 aromatic rings. The molecule has 4 nitrogen and oxygen atoms in total. The van der Waals surface area contributed by atoms with Crippen LogP contribution < -0.4 is 4.90 Å². The van der Waals surface area contributed by atoms with Crippen LogP contribution in [-0.4, -0.2) is 10.4 Å². The third kappa shape index (κ3) is 0.872. The molecule has 0 atom stereocenters. The summed E-state index contributed by atoms with van der Waals surface area (Å²) in [5, 5.41) is 12.3. The molecular formula is C5H9N2O2+. The maximum atomic E-state index is 8.82. The lowest BCUT2D eigenvalue weighted by Gasteiger charge is -1.79. The van der Waals surface area contributed by atoms with Crippen LogP contribution in [0.4, 0.5) is 0 Å². The van der Waals surface area contributed by atoms with Gasteiger partial charge in [0.25, 0.3) is 0 Å². The van der Waals surface area contributed by atoms with Gasteiger partial charge in [-0.2, -0.15) is 0 Å². The van der Waals surface area contributed by atoms with E-state index in [9.17, 15) is 0 Å². The van der Waals surface area contributed by atoms with Crippen molar-refractivity contribution in [1.29, 1.82) is 0 Å². The van der Waals surface area contributed by atoms with Crippen molar-refractivity contribution in [2.24, 2.45) is 0 Å². The molecule has 0 aliphatic heterocycles. The van der Waals surface area contributed by atoms with Crippen LogP contribution in [0.1, 0.15) is 18.3 Å². The first-order chi connectivity index (χ1) is 4.25. The fourth-order valence-corrected chi connectivity index (χ4v) is 0.731. The topological polar surface area (TPSA) is 50.1 Å². The Labute approximate surface area is 52.6 Å². The largest absolute Gasteiger partial charge is 0.317 e. The van der Waals surface area contributed by atoms with Crippen molar-refractivity contribution in [2.75, 3.05) is 0 Å². The van der Waals surface area contributed by atoms with Crippen LogP contribution in [-0.2, 0) is 6.42 Å². The molecule has 0 aliphatic rings. The van der Waals surface area contributed by atoms with Gasteiger partial charge in [0, 0.05) is 13.3 Å². The molecule has 1 rings (SSSR count). The molecule has 4 heteroatoms. The second-order valence-electron chi connectivity index (χ2n) is 1.83. The van der Waals surface area contributed by atoms with Gasteiger partial charge < -0.3 is 5.21 Å². The fraction of sp³-hybridized carbons (Fsp3) is 0.600. The van der Waals surface area contributed by atoms with Crippen molar-refractivity contribution < 1.29 is 14.7 Å². The van der Waals surface area contributed by atoms with Gasteiger partial charge >= 0.3 is 0 Å². The summed E-state index contributed by atoms with van der Waals surface area (Å²) in [5.74, 6) is 0. The molecule has 0 fully saturated rings. The summed E-state index contributed by atoms with van der Waals surface area (Å²) in [4.78, 5) is 0.690. The zero-order valence-electron chi connectivity index (χ0n) is 5.46. The number of rotatable bonds is 1. The van der Waals surface area contributed by atoms with Crippen LogP contribution in [0.3, 0.4) is 0 Å². The minimum Gasteiger partial charge on any atom is -0.317 e. The summed E-state index contributed by atoms with van der Waals surface area (Å²) in [5.41, 5.74) is 1.45. The van der Waals surface area contributed by atoms with Gasteiger partial charge in [0.1, 0.15) is 4.90 Å². The maximum absolute atomic E-state index is 8.82. The molecule has 0 aliphatic carbocycles. The van der Waals surface area contributed by atoms with Crippen molar-refractivity contribution in [3.63, 3.8) is 0 Å². The zero-order valence-corrected chi connectivity index (χ0v) is 5.46. The normalized spacial score (nSPS) is 10.0. The maximum Gasteiger partial charge on any atom is 0.248 e. The molecule has 9 heavy (non-hydrogen) atoms. The first-order valence-electron chi connectivity index (χ1n) is 2.82. The molecule has 0 spiro atoms. The Morgan fingerprint density at radius 1 is 1.78 bits per heavy atom. The van der Waals surface area contributed by atoms with Crippen LogP contribution >= 0.6 is 0 Å². The Morgan fingerprint density at radius 2 is 2.44 bits per heavy atom. The Bertz CT molecular complexity index is 187. The van der Waals surface area contributed by atoms with E-state index in [4.69, 9.17) is 5.21 Å². The van der Waals surface area contributed by atoms with Gasteiger partial charge in [-0.15, -0.1) is 0 Å². The summed E-state index contributed by atoms with van der Waals surface area (Å²) in [6.45, 7) is 3.71. The van der Waals surface area contributed by atoms with Gasteiger partial charge in [-0.3, -0.25) is 0 Å². The molecule has 0 aromatic carbocycles. The number of hydrogen-bond donors (Lipinski definition) is 1. The summed E-state index contributed by atoms with van der Waals surface area (Å²) < 4.78 is 4.41. The van der Waals surface area contributed by atoms with E-state index in [1.54, 1.807) is 6.92 Å². The van der Waals surface area contributed by atoms with Crippen molar-refractivity contribution in [2.45, 2.75) is 20.3 Å². The van der Waals surface area contributed by atoms with Crippen molar-refractivity contribution in [3.05, 3.63) is 11.4 Å². The second kappa shape index (κ2) is 2.05. The Kier molecular flexibility index (Phi) is 1.38. The number of nitrogens with zero attached hydrogens (tertiary/aromatic N) is 2. The lowest BCUT2D eigenvalue weighted by molar-refractivity contribution is -1.04. The molecule has 1 heterocycles. The average Bonchev–Trinajstić information content (AvgIpc) is 2.12. The van der Waals surface area contributed by atoms with Gasteiger partial charge in [-0.1, -0.05) is 6.92 Å². The summed E-state index contributed by atoms with van der Waals surface area (Å²) in [7, 11) is 0. The Morgan fingerprint density at radius 3 is 2.67 bits per heavy atom. The number of hydrogen-bond acceptors (Lipinski definition) is 3. The van der Waals surface area contributed by atoms with Crippen LogP contribution in [0.2, 0.25) is 0 Å². The Hall–Kier alpha value is -1.06. The molecule has 0 saturated carbocycles. The van der Waals surface area contributed by atoms with E-state index in [-0.39, 0.29) is 0 Å². The van der Waals surface area contributed by atoms with E-state index in [1.165, 1.54) is 0 Å². The SMILES string of the molecule is CCc1c(C)no[n+]1O. The monoisotopic (exact) mass is 129 g/mol. The highest BCUT2D eigenvalue weighted by Crippen LogP contribution is 1.96. The van der Waals surface area contributed by atoms with Gasteiger partial charge in [0.15, 0.2) is 5.16 Å². The molecular weight excluding hydrogens is 120 g/mol. The highest BCUT2D eigenvalue weighted by Gasteiger charge is 2.16. The molecule has 1 N–H and O–H groups in total. The molecule has 0 radical (unpaired) electrons. The molecule has 0 bridgehead atoms. The standard InChI is InChI=1S/C5H9N2O2/c1-3-5-4(2)6-9-7(5)8/h8H,3H2,1-2H3/q+1. The first kappa shape index (κ1) is 6.07. The minimum absolute atomic E-state index is 0.690. The number of aryl methyl sites for hydroxylation is 1. The molecule has 1 aromatic heterocycles. The zero-order chi connectivity index (χ0) is 6.85. The lowest BCUT2D eigenvalue weighted by atomic mass is 10.3. The fourth-order valence-electron chi connectivity index (χ4n) is 0.731. The van der Waals surface area contributed by atoms with Gasteiger partial charge in [0.2, 0.25) is 11.4 Å². The third-order valence-corrected chi connectivity index (χ3v) is 1.24. The third-order valence-electron chi connectivity index (χ3n) is 1.24. The summed E-state index contributed by atoms with van der Waals surface area (Å²) in [6, 6.07) is 0. The first-order valence-corrected chi connectivity index (χ1v) is 2.82. The van der Waals surface area contributed by atoms with E-state index in [1.807, 2.05) is 6.92 Å². The van der Waals surface area contributed by atoms with E-state index in [2.05, 4.69) is 9.79 Å². The lowest BCUT2D eigenvalue weighted by Crippen LogP contribution is -2.31. The van der Waals surface area contributed by atoms with E-state index in [0.717, 1.165) is 17.8 Å². The second-order valence-corrected chi connectivity index (χ2v) is 1.83. The van der Waals surface area contributed by atoms with E-state index < -0.39 is 0 Å². The van der Waals surface area contributed by atoms with Gasteiger partial charge in [-0.25, -0.2) is 0 Å². The van der Waals surface area contributed by atoms with E-state index in [0.29, 0.717) is 4.90 Å². The van der Waals surface area contributed by atoms with Crippen LogP contribution in [0.25, 0.3) is 0 Å². The van der Waals surface area contributed by atoms with Crippen molar-refractivity contribution >= 4 is 0 Å². The van der Waals surface area contributed by atoms with Gasteiger partial charge in [0.05, 0.1) is 0 Å². The van der Waals surface area contributed by atoms with E-state index >= 15 is 0 Å². The summed E-state index contributed by atoms with van der Waals surface area (Å²) >= 11 is 0. The number of aromatic nitrogens is 2. The van der Waals surface area contributed by atoms with Crippen LogP contribution in [0.5, 0.6) is 0 Å². The molecule has 0 unspecified atom stereocenters. The quantitative estimate of drug-likeness (QED) is 0.546. The van der Waals surface area contributed by atoms with Crippen LogP contribution in [0.15, 0.2) is 4.63 Å². The smallest absolute Gasteiger partial charge is 0.248 e. The van der Waals surface area contributed by atoms with Crippen molar-refractivity contribution in [1.82, 2.24) is 5.16 Å². The predicted octanol–water partition coefficient (Wildman–Crippen LogP) is 0.0702. The molecule has 0 saturated heterocycles. The van der Waals surface area contributed by atoms with Crippen molar-refractivity contribution in [3.8, 4) is 0 Å².